The standard InChI is InChI=1S/C14H31NO6/c1-2-3-4-5-6-7-8-15-21-10-12(18)14(20)13(19)11(17)9-16/h11-20H,2-10H2,1H3/t11-,12+,13-,14-/m1/s1. The van der Waals surface area contributed by atoms with Crippen LogP contribution in [-0.2, 0) is 4.84 Å². The van der Waals surface area contributed by atoms with E-state index in [1.807, 2.05) is 0 Å². The first kappa shape index (κ1) is 20.7. The van der Waals surface area contributed by atoms with Gasteiger partial charge in [-0.3, -0.25) is 4.84 Å². The molecule has 0 saturated heterocycles. The maximum atomic E-state index is 9.56. The minimum Gasteiger partial charge on any atom is -0.394 e. The number of hydrogen-bond donors (Lipinski definition) is 6. The zero-order valence-electron chi connectivity index (χ0n) is 12.8. The van der Waals surface area contributed by atoms with Gasteiger partial charge in [-0.05, 0) is 6.42 Å². The molecule has 0 saturated carbocycles. The lowest BCUT2D eigenvalue weighted by Gasteiger charge is -2.25. The van der Waals surface area contributed by atoms with Crippen molar-refractivity contribution >= 4 is 0 Å². The van der Waals surface area contributed by atoms with Gasteiger partial charge in [0.1, 0.15) is 24.4 Å². The van der Waals surface area contributed by atoms with Gasteiger partial charge in [-0.2, -0.15) is 0 Å². The summed E-state index contributed by atoms with van der Waals surface area (Å²) in [5, 5.41) is 46.3. The highest BCUT2D eigenvalue weighted by Crippen LogP contribution is 2.06. The summed E-state index contributed by atoms with van der Waals surface area (Å²) in [4.78, 5) is 4.99. The summed E-state index contributed by atoms with van der Waals surface area (Å²) in [5.74, 6) is 0. The van der Waals surface area contributed by atoms with Crippen LogP contribution in [0.3, 0.4) is 0 Å². The topological polar surface area (TPSA) is 122 Å². The number of aliphatic hydroxyl groups excluding tert-OH is 5. The molecular formula is C14H31NO6. The van der Waals surface area contributed by atoms with Crippen molar-refractivity contribution < 1.29 is 30.4 Å². The Kier molecular flexibility index (Phi) is 13.2. The van der Waals surface area contributed by atoms with Gasteiger partial charge in [0.15, 0.2) is 0 Å². The summed E-state index contributed by atoms with van der Waals surface area (Å²) in [7, 11) is 0. The second kappa shape index (κ2) is 13.4. The van der Waals surface area contributed by atoms with E-state index in [0.29, 0.717) is 6.54 Å². The molecule has 0 radical (unpaired) electrons. The van der Waals surface area contributed by atoms with Crippen LogP contribution in [0.15, 0.2) is 0 Å². The van der Waals surface area contributed by atoms with Gasteiger partial charge in [-0.15, -0.1) is 0 Å². The summed E-state index contributed by atoms with van der Waals surface area (Å²) in [6.07, 6.45) is 0.959. The van der Waals surface area contributed by atoms with Crippen molar-refractivity contribution in [2.75, 3.05) is 19.8 Å². The predicted octanol–water partition coefficient (Wildman–Crippen LogP) is -0.696. The Labute approximate surface area is 126 Å². The Hall–Kier alpha value is -0.280. The second-order valence-electron chi connectivity index (χ2n) is 5.27. The zero-order chi connectivity index (χ0) is 16.1. The molecule has 0 fully saturated rings. The summed E-state index contributed by atoms with van der Waals surface area (Å²) < 4.78 is 0. The molecule has 0 aliphatic carbocycles. The fourth-order valence-electron chi connectivity index (χ4n) is 1.86. The molecule has 6 N–H and O–H groups in total. The van der Waals surface area contributed by atoms with E-state index in [4.69, 9.17) is 15.1 Å². The van der Waals surface area contributed by atoms with Crippen molar-refractivity contribution in [1.82, 2.24) is 5.48 Å². The van der Waals surface area contributed by atoms with Crippen molar-refractivity contribution in [1.29, 1.82) is 0 Å². The Morgan fingerprint density at radius 3 is 2.05 bits per heavy atom. The molecule has 0 unspecified atom stereocenters. The fourth-order valence-corrected chi connectivity index (χ4v) is 1.86. The van der Waals surface area contributed by atoms with Crippen molar-refractivity contribution in [3.05, 3.63) is 0 Å². The van der Waals surface area contributed by atoms with Crippen molar-refractivity contribution in [2.24, 2.45) is 0 Å². The minimum absolute atomic E-state index is 0.216. The van der Waals surface area contributed by atoms with E-state index in [9.17, 15) is 15.3 Å². The predicted molar refractivity (Wildman–Crippen MR) is 78.4 cm³/mol. The molecular weight excluding hydrogens is 278 g/mol. The highest BCUT2D eigenvalue weighted by Gasteiger charge is 2.30. The third-order valence-electron chi connectivity index (χ3n) is 3.31. The molecule has 0 rings (SSSR count). The Balaban J connectivity index is 3.54. The Morgan fingerprint density at radius 2 is 1.43 bits per heavy atom. The zero-order valence-corrected chi connectivity index (χ0v) is 12.8. The highest BCUT2D eigenvalue weighted by molar-refractivity contribution is 4.80. The molecule has 21 heavy (non-hydrogen) atoms. The Bertz CT molecular complexity index is 232. The number of unbranched alkanes of at least 4 members (excludes halogenated alkanes) is 5. The first-order chi connectivity index (χ1) is 10.0. The van der Waals surface area contributed by atoms with Gasteiger partial charge in [0.05, 0.1) is 13.2 Å². The number of hydrogen-bond acceptors (Lipinski definition) is 7. The van der Waals surface area contributed by atoms with Gasteiger partial charge in [-0.25, -0.2) is 5.48 Å². The van der Waals surface area contributed by atoms with E-state index < -0.39 is 31.0 Å². The van der Waals surface area contributed by atoms with Gasteiger partial charge in [0.25, 0.3) is 0 Å². The van der Waals surface area contributed by atoms with E-state index in [-0.39, 0.29) is 6.61 Å². The van der Waals surface area contributed by atoms with Crippen LogP contribution in [-0.4, -0.2) is 69.7 Å². The van der Waals surface area contributed by atoms with Gasteiger partial charge < -0.3 is 25.5 Å². The molecule has 0 aliphatic heterocycles. The van der Waals surface area contributed by atoms with Gasteiger partial charge in [-0.1, -0.05) is 39.0 Å². The lowest BCUT2D eigenvalue weighted by atomic mass is 10.0. The fraction of sp³-hybridized carbons (Fsp3) is 1.00. The van der Waals surface area contributed by atoms with Crippen LogP contribution in [0.25, 0.3) is 0 Å². The van der Waals surface area contributed by atoms with Crippen molar-refractivity contribution in [2.45, 2.75) is 69.9 Å². The third-order valence-corrected chi connectivity index (χ3v) is 3.31. The third kappa shape index (κ3) is 10.1. The van der Waals surface area contributed by atoms with E-state index in [0.717, 1.165) is 12.8 Å². The smallest absolute Gasteiger partial charge is 0.111 e. The van der Waals surface area contributed by atoms with E-state index in [1.54, 1.807) is 0 Å². The van der Waals surface area contributed by atoms with Crippen LogP contribution < -0.4 is 5.48 Å². The average molecular weight is 309 g/mol. The van der Waals surface area contributed by atoms with Crippen LogP contribution in [0.5, 0.6) is 0 Å². The lowest BCUT2D eigenvalue weighted by molar-refractivity contribution is -0.137. The second-order valence-corrected chi connectivity index (χ2v) is 5.27. The molecule has 0 spiro atoms. The monoisotopic (exact) mass is 309 g/mol. The molecule has 7 nitrogen and oxygen atoms in total. The summed E-state index contributed by atoms with van der Waals surface area (Å²) in [6.45, 7) is 1.91. The van der Waals surface area contributed by atoms with E-state index in [2.05, 4.69) is 12.4 Å². The minimum atomic E-state index is -1.62. The van der Waals surface area contributed by atoms with Crippen molar-refractivity contribution in [3.8, 4) is 0 Å². The van der Waals surface area contributed by atoms with E-state index in [1.165, 1.54) is 25.7 Å². The van der Waals surface area contributed by atoms with Crippen LogP contribution in [0.1, 0.15) is 45.4 Å². The molecule has 0 heterocycles. The molecule has 0 bridgehead atoms. The molecule has 7 heteroatoms. The quantitative estimate of drug-likeness (QED) is 0.185. The van der Waals surface area contributed by atoms with Crippen LogP contribution in [0, 0.1) is 0 Å². The molecule has 4 atom stereocenters. The molecule has 0 amide bonds. The van der Waals surface area contributed by atoms with E-state index >= 15 is 0 Å². The highest BCUT2D eigenvalue weighted by atomic mass is 16.6. The normalized spacial score (nSPS) is 17.4. The SMILES string of the molecule is CCCCCCCCNOC[C@H](O)[C@@H](O)[C@H](O)[C@H](O)CO. The summed E-state index contributed by atoms with van der Waals surface area (Å²) >= 11 is 0. The maximum absolute atomic E-state index is 9.56. The van der Waals surface area contributed by atoms with Gasteiger partial charge in [0, 0.05) is 6.54 Å². The lowest BCUT2D eigenvalue weighted by Crippen LogP contribution is -2.47. The number of rotatable bonds is 14. The molecule has 0 aromatic carbocycles. The first-order valence-electron chi connectivity index (χ1n) is 7.72. The maximum Gasteiger partial charge on any atom is 0.111 e. The molecule has 128 valence electrons. The first-order valence-corrected chi connectivity index (χ1v) is 7.72. The number of nitrogens with one attached hydrogen (secondary N) is 1. The van der Waals surface area contributed by atoms with Crippen LogP contribution in [0.4, 0.5) is 0 Å². The Morgan fingerprint density at radius 1 is 0.857 bits per heavy atom. The number of hydroxylamine groups is 1. The van der Waals surface area contributed by atoms with Crippen LogP contribution in [0.2, 0.25) is 0 Å². The average Bonchev–Trinajstić information content (AvgIpc) is 2.50. The number of aliphatic hydroxyl groups is 5. The largest absolute Gasteiger partial charge is 0.394 e. The summed E-state index contributed by atoms with van der Waals surface area (Å²) in [5.41, 5.74) is 2.68. The van der Waals surface area contributed by atoms with Gasteiger partial charge >= 0.3 is 0 Å². The molecule has 0 aliphatic rings. The molecule has 0 aromatic rings. The summed E-state index contributed by atoms with van der Waals surface area (Å²) in [6, 6.07) is 0. The van der Waals surface area contributed by atoms with Gasteiger partial charge in [0.2, 0.25) is 0 Å². The van der Waals surface area contributed by atoms with Crippen molar-refractivity contribution in [3.63, 3.8) is 0 Å². The molecule has 0 aromatic heterocycles. The van der Waals surface area contributed by atoms with Crippen LogP contribution >= 0.6 is 0 Å².